The van der Waals surface area contributed by atoms with Crippen molar-refractivity contribution in [1.82, 2.24) is 0 Å². The van der Waals surface area contributed by atoms with Crippen LogP contribution < -0.4 is 9.47 Å². The summed E-state index contributed by atoms with van der Waals surface area (Å²) >= 11 is 0. The first-order valence-corrected chi connectivity index (χ1v) is 7.51. The zero-order chi connectivity index (χ0) is 12.3. The van der Waals surface area contributed by atoms with E-state index >= 15 is 0 Å². The van der Waals surface area contributed by atoms with Gasteiger partial charge in [0.15, 0.2) is 11.5 Å². The third-order valence-corrected chi connectivity index (χ3v) is 3.42. The number of halogens is 1. The Morgan fingerprint density at radius 1 is 1.29 bits per heavy atom. The lowest BCUT2D eigenvalue weighted by Crippen LogP contribution is -1.94. The van der Waals surface area contributed by atoms with Gasteiger partial charge in [0.1, 0.15) is 0 Å². The van der Waals surface area contributed by atoms with Gasteiger partial charge in [-0.3, -0.25) is 0 Å². The monoisotopic (exact) mass is 274 g/mol. The molecule has 1 aromatic carbocycles. The van der Waals surface area contributed by atoms with E-state index in [-0.39, 0.29) is 12.5 Å². The van der Waals surface area contributed by atoms with E-state index in [1.807, 2.05) is 24.3 Å². The van der Waals surface area contributed by atoms with E-state index in [2.05, 4.69) is 0 Å². The molecule has 0 aliphatic carbocycles. The molecule has 0 radical (unpaired) electrons. The van der Waals surface area contributed by atoms with Gasteiger partial charge in [-0.15, -0.1) is 0 Å². The van der Waals surface area contributed by atoms with Crippen LogP contribution in [0.15, 0.2) is 24.3 Å². The second-order valence-corrected chi connectivity index (χ2v) is 6.44. The second-order valence-electron chi connectivity index (χ2n) is 3.55. The zero-order valence-corrected chi connectivity index (χ0v) is 10.5. The molecule has 0 bridgehead atoms. The van der Waals surface area contributed by atoms with Crippen LogP contribution in [0.3, 0.4) is 0 Å². The van der Waals surface area contributed by atoms with E-state index in [9.17, 15) is 8.42 Å². The van der Waals surface area contributed by atoms with Crippen LogP contribution in [0, 0.1) is 0 Å². The molecule has 92 valence electrons. The van der Waals surface area contributed by atoms with Gasteiger partial charge >= 0.3 is 0 Å². The van der Waals surface area contributed by atoms with Crippen molar-refractivity contribution in [1.29, 1.82) is 0 Å². The van der Waals surface area contributed by atoms with Gasteiger partial charge in [-0.05, 0) is 24.1 Å². The molecule has 17 heavy (non-hydrogen) atoms. The first-order chi connectivity index (χ1) is 8.04. The van der Waals surface area contributed by atoms with Gasteiger partial charge in [0, 0.05) is 10.7 Å². The van der Waals surface area contributed by atoms with Gasteiger partial charge in [-0.25, -0.2) is 8.42 Å². The summed E-state index contributed by atoms with van der Waals surface area (Å²) in [7, 11) is 1.68. The van der Waals surface area contributed by atoms with E-state index in [4.69, 9.17) is 20.2 Å². The SMILES string of the molecule is O=S(=O)(Cl)CC/C=C/c1ccc2c(c1)OCO2. The van der Waals surface area contributed by atoms with Crippen LogP contribution in [-0.2, 0) is 9.05 Å². The molecule has 0 spiro atoms. The van der Waals surface area contributed by atoms with Crippen molar-refractivity contribution in [2.45, 2.75) is 6.42 Å². The fraction of sp³-hybridized carbons (Fsp3) is 0.273. The topological polar surface area (TPSA) is 52.6 Å². The maximum absolute atomic E-state index is 10.7. The molecule has 4 nitrogen and oxygen atoms in total. The van der Waals surface area contributed by atoms with Crippen molar-refractivity contribution < 1.29 is 17.9 Å². The van der Waals surface area contributed by atoms with Gasteiger partial charge in [0.25, 0.3) is 0 Å². The van der Waals surface area contributed by atoms with E-state index in [0.29, 0.717) is 12.2 Å². The first kappa shape index (κ1) is 12.3. The Morgan fingerprint density at radius 3 is 2.82 bits per heavy atom. The molecule has 0 N–H and O–H groups in total. The maximum Gasteiger partial charge on any atom is 0.232 e. The summed E-state index contributed by atoms with van der Waals surface area (Å²) < 4.78 is 31.8. The van der Waals surface area contributed by atoms with Gasteiger partial charge in [0.2, 0.25) is 15.8 Å². The average Bonchev–Trinajstić information content (AvgIpc) is 2.70. The van der Waals surface area contributed by atoms with E-state index in [1.54, 1.807) is 6.08 Å². The van der Waals surface area contributed by atoms with Crippen molar-refractivity contribution in [2.24, 2.45) is 0 Å². The molecule has 0 amide bonds. The lowest BCUT2D eigenvalue weighted by atomic mass is 10.2. The third kappa shape index (κ3) is 3.64. The van der Waals surface area contributed by atoms with Crippen LogP contribution in [0.1, 0.15) is 12.0 Å². The Kier molecular flexibility index (Phi) is 3.59. The number of fused-ring (bicyclic) bond motifs is 1. The summed E-state index contributed by atoms with van der Waals surface area (Å²) in [6.45, 7) is 0.243. The van der Waals surface area contributed by atoms with Crippen LogP contribution in [0.5, 0.6) is 11.5 Å². The standard InChI is InChI=1S/C11H11ClO4S/c12-17(13,14)6-2-1-3-9-4-5-10-11(7-9)16-8-15-10/h1,3-5,7H,2,6,8H2/b3-1+. The summed E-state index contributed by atoms with van der Waals surface area (Å²) in [6.07, 6.45) is 3.97. The summed E-state index contributed by atoms with van der Waals surface area (Å²) in [5.41, 5.74) is 0.932. The highest BCUT2D eigenvalue weighted by atomic mass is 35.7. The minimum absolute atomic E-state index is 0.0599. The van der Waals surface area contributed by atoms with Crippen molar-refractivity contribution >= 4 is 25.8 Å². The molecule has 1 aromatic rings. The maximum atomic E-state index is 10.7. The van der Waals surface area contributed by atoms with Gasteiger partial charge in [-0.2, -0.15) is 0 Å². The molecule has 0 fully saturated rings. The van der Waals surface area contributed by atoms with Gasteiger partial charge in [-0.1, -0.05) is 18.2 Å². The highest BCUT2D eigenvalue weighted by molar-refractivity contribution is 8.13. The minimum Gasteiger partial charge on any atom is -0.454 e. The number of hydrogen-bond donors (Lipinski definition) is 0. The highest BCUT2D eigenvalue weighted by Crippen LogP contribution is 2.32. The fourth-order valence-corrected chi connectivity index (χ4v) is 2.13. The molecule has 1 aliphatic rings. The second kappa shape index (κ2) is 4.98. The van der Waals surface area contributed by atoms with E-state index in [0.717, 1.165) is 11.3 Å². The Morgan fingerprint density at radius 2 is 2.06 bits per heavy atom. The fourth-order valence-electron chi connectivity index (χ4n) is 1.45. The molecule has 2 rings (SSSR count). The summed E-state index contributed by atoms with van der Waals surface area (Å²) in [5.74, 6) is 1.37. The third-order valence-electron chi connectivity index (χ3n) is 2.24. The van der Waals surface area contributed by atoms with Gasteiger partial charge in [0.05, 0.1) is 5.75 Å². The van der Waals surface area contributed by atoms with Crippen LogP contribution in [-0.4, -0.2) is 21.0 Å². The van der Waals surface area contributed by atoms with Crippen LogP contribution in [0.2, 0.25) is 0 Å². The molecule has 0 aromatic heterocycles. The highest BCUT2D eigenvalue weighted by Gasteiger charge is 2.12. The molecule has 6 heteroatoms. The summed E-state index contributed by atoms with van der Waals surface area (Å²) in [6, 6.07) is 5.54. The quantitative estimate of drug-likeness (QED) is 0.791. The van der Waals surface area contributed by atoms with Crippen LogP contribution >= 0.6 is 10.7 Å². The smallest absolute Gasteiger partial charge is 0.232 e. The number of allylic oxidation sites excluding steroid dienone is 1. The van der Waals surface area contributed by atoms with Gasteiger partial charge < -0.3 is 9.47 Å². The van der Waals surface area contributed by atoms with Crippen molar-refractivity contribution in [3.8, 4) is 11.5 Å². The molecular formula is C11H11ClO4S. The van der Waals surface area contributed by atoms with E-state index < -0.39 is 9.05 Å². The lowest BCUT2D eigenvalue weighted by Gasteiger charge is -1.97. The largest absolute Gasteiger partial charge is 0.454 e. The Hall–Kier alpha value is -1.20. The zero-order valence-electron chi connectivity index (χ0n) is 8.93. The van der Waals surface area contributed by atoms with E-state index in [1.165, 1.54) is 0 Å². The van der Waals surface area contributed by atoms with Crippen molar-refractivity contribution in [3.63, 3.8) is 0 Å². The molecule has 1 aliphatic heterocycles. The minimum atomic E-state index is -3.41. The van der Waals surface area contributed by atoms with Crippen LogP contribution in [0.4, 0.5) is 0 Å². The first-order valence-electron chi connectivity index (χ1n) is 5.03. The Labute approximate surface area is 104 Å². The molecule has 0 atom stereocenters. The van der Waals surface area contributed by atoms with Crippen LogP contribution in [0.25, 0.3) is 6.08 Å². The Bertz CT molecular complexity index is 536. The predicted molar refractivity (Wildman–Crippen MR) is 65.9 cm³/mol. The Balaban J connectivity index is 1.97. The molecule has 0 saturated carbocycles. The molecular weight excluding hydrogens is 264 g/mol. The lowest BCUT2D eigenvalue weighted by molar-refractivity contribution is 0.174. The number of ether oxygens (including phenoxy) is 2. The molecule has 0 saturated heterocycles. The average molecular weight is 275 g/mol. The normalized spacial score (nSPS) is 14.4. The summed E-state index contributed by atoms with van der Waals surface area (Å²) in [5, 5.41) is 0. The molecule has 1 heterocycles. The number of hydrogen-bond acceptors (Lipinski definition) is 4. The molecule has 0 unspecified atom stereocenters. The number of benzene rings is 1. The van der Waals surface area contributed by atoms with Crippen molar-refractivity contribution in [3.05, 3.63) is 29.8 Å². The van der Waals surface area contributed by atoms with Crippen molar-refractivity contribution in [2.75, 3.05) is 12.5 Å². The predicted octanol–water partition coefficient (Wildman–Crippen LogP) is 2.39. The summed E-state index contributed by atoms with van der Waals surface area (Å²) in [4.78, 5) is 0. The number of rotatable bonds is 4.